The number of benzene rings is 1. The number of aliphatic hydroxyl groups excluding tert-OH is 1. The zero-order valence-corrected chi connectivity index (χ0v) is 12.1. The Bertz CT molecular complexity index is 446. The Kier molecular flexibility index (Phi) is 4.61. The number of nitrogens with zero attached hydrogens (tertiary/aromatic N) is 1. The molecule has 0 aliphatic carbocycles. The topological polar surface area (TPSA) is 40.5 Å². The van der Waals surface area contributed by atoms with Crippen LogP contribution >= 0.6 is 11.6 Å². The molecule has 0 radical (unpaired) electrons. The predicted octanol–water partition coefficient (Wildman–Crippen LogP) is 2.61. The molecule has 3 atom stereocenters. The van der Waals surface area contributed by atoms with Crippen molar-refractivity contribution in [2.75, 3.05) is 13.2 Å². The fourth-order valence-electron chi connectivity index (χ4n) is 2.81. The minimum Gasteiger partial charge on any atom is -0.395 e. The molecule has 1 aromatic carbocycles. The lowest BCUT2D eigenvalue weighted by atomic mass is 10.0. The van der Waals surface area contributed by atoms with Crippen molar-refractivity contribution in [2.45, 2.75) is 32.4 Å². The summed E-state index contributed by atoms with van der Waals surface area (Å²) in [5, 5.41) is 10.1. The Hall–Kier alpha value is -0.900. The van der Waals surface area contributed by atoms with Gasteiger partial charge in [0.05, 0.1) is 12.6 Å². The van der Waals surface area contributed by atoms with Crippen molar-refractivity contribution < 1.29 is 9.90 Å². The van der Waals surface area contributed by atoms with E-state index in [1.54, 1.807) is 24.3 Å². The van der Waals surface area contributed by atoms with Crippen molar-refractivity contribution >= 4 is 17.4 Å². The Morgan fingerprint density at radius 2 is 2.11 bits per heavy atom. The van der Waals surface area contributed by atoms with Crippen LogP contribution in [0.5, 0.6) is 0 Å². The molecule has 1 N–H and O–H groups in total. The van der Waals surface area contributed by atoms with Gasteiger partial charge >= 0.3 is 0 Å². The maximum Gasteiger partial charge on any atom is 0.179 e. The first kappa shape index (κ1) is 14.5. The first-order valence-electron chi connectivity index (χ1n) is 6.71. The van der Waals surface area contributed by atoms with E-state index in [1.807, 2.05) is 6.92 Å². The van der Waals surface area contributed by atoms with Gasteiger partial charge in [-0.2, -0.15) is 0 Å². The number of halogens is 1. The second-order valence-corrected chi connectivity index (χ2v) is 5.74. The molecule has 1 fully saturated rings. The Morgan fingerprint density at radius 1 is 1.47 bits per heavy atom. The van der Waals surface area contributed by atoms with Gasteiger partial charge in [0.25, 0.3) is 0 Å². The Balaban J connectivity index is 2.13. The van der Waals surface area contributed by atoms with E-state index in [0.29, 0.717) is 16.5 Å². The van der Waals surface area contributed by atoms with Gasteiger partial charge in [-0.1, -0.05) is 18.5 Å². The molecule has 2 rings (SSSR count). The Morgan fingerprint density at radius 3 is 2.68 bits per heavy atom. The fourth-order valence-corrected chi connectivity index (χ4v) is 2.94. The van der Waals surface area contributed by atoms with Gasteiger partial charge in [-0.15, -0.1) is 0 Å². The van der Waals surface area contributed by atoms with E-state index in [4.69, 9.17) is 11.6 Å². The molecule has 0 bridgehead atoms. The number of ketones is 1. The van der Waals surface area contributed by atoms with Crippen molar-refractivity contribution in [2.24, 2.45) is 5.92 Å². The molecule has 1 heterocycles. The van der Waals surface area contributed by atoms with Crippen LogP contribution in [0.3, 0.4) is 0 Å². The quantitative estimate of drug-likeness (QED) is 0.863. The second-order valence-electron chi connectivity index (χ2n) is 5.30. The summed E-state index contributed by atoms with van der Waals surface area (Å²) >= 11 is 5.83. The number of hydrogen-bond donors (Lipinski definition) is 1. The highest BCUT2D eigenvalue weighted by Crippen LogP contribution is 2.27. The normalized spacial score (nSPS) is 25.5. The van der Waals surface area contributed by atoms with Gasteiger partial charge in [0.1, 0.15) is 0 Å². The first-order valence-corrected chi connectivity index (χ1v) is 7.08. The smallest absolute Gasteiger partial charge is 0.179 e. The summed E-state index contributed by atoms with van der Waals surface area (Å²) in [7, 11) is 0. The summed E-state index contributed by atoms with van der Waals surface area (Å²) in [6.07, 6.45) is 1.03. The van der Waals surface area contributed by atoms with Gasteiger partial charge in [-0.3, -0.25) is 9.69 Å². The summed E-state index contributed by atoms with van der Waals surface area (Å²) < 4.78 is 0. The molecule has 1 aliphatic rings. The maximum atomic E-state index is 12.4. The molecule has 0 amide bonds. The van der Waals surface area contributed by atoms with Crippen LogP contribution in [-0.2, 0) is 0 Å². The average Bonchev–Trinajstić information content (AvgIpc) is 2.79. The van der Waals surface area contributed by atoms with Crippen molar-refractivity contribution in [3.05, 3.63) is 34.9 Å². The number of rotatable bonds is 4. The van der Waals surface area contributed by atoms with Gasteiger partial charge in [0, 0.05) is 16.6 Å². The van der Waals surface area contributed by atoms with Crippen LogP contribution in [0.4, 0.5) is 0 Å². The number of carbonyl (C=O) groups excluding carboxylic acids is 1. The SMILES string of the molecule is CC1CCN(C(C)C(=O)c2ccc(Cl)cc2)C1CO. The summed E-state index contributed by atoms with van der Waals surface area (Å²) in [6, 6.07) is 6.87. The van der Waals surface area contributed by atoms with Crippen LogP contribution in [0, 0.1) is 5.92 Å². The zero-order valence-electron chi connectivity index (χ0n) is 11.3. The number of likely N-dealkylation sites (tertiary alicyclic amines) is 1. The number of hydrogen-bond acceptors (Lipinski definition) is 3. The minimum absolute atomic E-state index is 0.0872. The molecule has 1 saturated heterocycles. The lowest BCUT2D eigenvalue weighted by Crippen LogP contribution is -2.45. The molecule has 104 valence electrons. The highest BCUT2D eigenvalue weighted by Gasteiger charge is 2.36. The molecule has 0 saturated carbocycles. The number of carbonyl (C=O) groups is 1. The van der Waals surface area contributed by atoms with E-state index in [-0.39, 0.29) is 24.5 Å². The summed E-state index contributed by atoms with van der Waals surface area (Å²) in [6.45, 7) is 5.02. The van der Waals surface area contributed by atoms with Gasteiger partial charge in [-0.25, -0.2) is 0 Å². The fraction of sp³-hybridized carbons (Fsp3) is 0.533. The predicted molar refractivity (Wildman–Crippen MR) is 76.6 cm³/mol. The van der Waals surface area contributed by atoms with Gasteiger partial charge in [0.15, 0.2) is 5.78 Å². The molecule has 0 spiro atoms. The molecule has 0 aromatic heterocycles. The van der Waals surface area contributed by atoms with Crippen LogP contribution in [0.15, 0.2) is 24.3 Å². The van der Waals surface area contributed by atoms with E-state index in [2.05, 4.69) is 11.8 Å². The van der Waals surface area contributed by atoms with Crippen molar-refractivity contribution in [1.29, 1.82) is 0 Å². The average molecular weight is 282 g/mol. The molecule has 1 aliphatic heterocycles. The van der Waals surface area contributed by atoms with Crippen LogP contribution < -0.4 is 0 Å². The zero-order chi connectivity index (χ0) is 14.0. The largest absolute Gasteiger partial charge is 0.395 e. The molecule has 3 unspecified atom stereocenters. The summed E-state index contributed by atoms with van der Waals surface area (Å²) in [4.78, 5) is 14.6. The van der Waals surface area contributed by atoms with Crippen LogP contribution in [-0.4, -0.2) is 41.0 Å². The lowest BCUT2D eigenvalue weighted by molar-refractivity contribution is 0.0720. The highest BCUT2D eigenvalue weighted by atomic mass is 35.5. The molecular formula is C15H20ClNO2. The number of Topliss-reactive ketones (excluding diaryl/α,β-unsaturated/α-hetero) is 1. The van der Waals surface area contributed by atoms with E-state index in [1.165, 1.54) is 0 Å². The first-order chi connectivity index (χ1) is 9.04. The van der Waals surface area contributed by atoms with E-state index in [0.717, 1.165) is 13.0 Å². The van der Waals surface area contributed by atoms with E-state index in [9.17, 15) is 9.90 Å². The van der Waals surface area contributed by atoms with Crippen LogP contribution in [0.25, 0.3) is 0 Å². The molecule has 19 heavy (non-hydrogen) atoms. The third kappa shape index (κ3) is 2.99. The third-order valence-corrected chi connectivity index (χ3v) is 4.37. The number of aliphatic hydroxyl groups is 1. The highest BCUT2D eigenvalue weighted by molar-refractivity contribution is 6.30. The van der Waals surface area contributed by atoms with Crippen LogP contribution in [0.2, 0.25) is 5.02 Å². The summed E-state index contributed by atoms with van der Waals surface area (Å²) in [5.41, 5.74) is 0.674. The maximum absolute atomic E-state index is 12.4. The van der Waals surface area contributed by atoms with Crippen molar-refractivity contribution in [3.8, 4) is 0 Å². The van der Waals surface area contributed by atoms with Crippen molar-refractivity contribution in [1.82, 2.24) is 4.90 Å². The van der Waals surface area contributed by atoms with Gasteiger partial charge in [-0.05, 0) is 50.1 Å². The second kappa shape index (κ2) is 6.04. The van der Waals surface area contributed by atoms with Crippen molar-refractivity contribution in [3.63, 3.8) is 0 Å². The standard InChI is InChI=1S/C15H20ClNO2/c1-10-7-8-17(14(10)9-18)11(2)15(19)12-3-5-13(16)6-4-12/h3-6,10-11,14,18H,7-9H2,1-2H3. The van der Waals surface area contributed by atoms with Gasteiger partial charge in [0.2, 0.25) is 0 Å². The molecule has 3 nitrogen and oxygen atoms in total. The minimum atomic E-state index is -0.205. The lowest BCUT2D eigenvalue weighted by Gasteiger charge is -2.30. The molecule has 4 heteroatoms. The monoisotopic (exact) mass is 281 g/mol. The molecule has 1 aromatic rings. The van der Waals surface area contributed by atoms with Gasteiger partial charge < -0.3 is 5.11 Å². The van der Waals surface area contributed by atoms with E-state index < -0.39 is 0 Å². The Labute approximate surface area is 119 Å². The van der Waals surface area contributed by atoms with Crippen LogP contribution in [0.1, 0.15) is 30.6 Å². The third-order valence-electron chi connectivity index (χ3n) is 4.12. The van der Waals surface area contributed by atoms with E-state index >= 15 is 0 Å². The summed E-state index contributed by atoms with van der Waals surface area (Å²) in [5.74, 6) is 0.523. The molecular weight excluding hydrogens is 262 g/mol.